The summed E-state index contributed by atoms with van der Waals surface area (Å²) in [5.74, 6) is 0. The van der Waals surface area contributed by atoms with E-state index in [4.69, 9.17) is 0 Å². The molecule has 0 rings (SSSR count). The van der Waals surface area contributed by atoms with E-state index in [2.05, 4.69) is 20.3 Å². The fraction of sp³-hybridized carbons (Fsp3) is 0.963. The third-order valence-corrected chi connectivity index (χ3v) is 6.02. The second kappa shape index (κ2) is 26.0. The lowest BCUT2D eigenvalue weighted by Gasteiger charge is -2.04. The van der Waals surface area contributed by atoms with Gasteiger partial charge in [0.05, 0.1) is 0 Å². The summed E-state index contributed by atoms with van der Waals surface area (Å²) in [5, 5.41) is 0. The average molecular weight is 380 g/mol. The van der Waals surface area contributed by atoms with Gasteiger partial charge in [-0.15, -0.1) is 0 Å². The zero-order valence-electron chi connectivity index (χ0n) is 19.5. The van der Waals surface area contributed by atoms with E-state index in [1.54, 1.807) is 0 Å². The summed E-state index contributed by atoms with van der Waals surface area (Å²) in [6.07, 6.45) is 37.4. The summed E-state index contributed by atoms with van der Waals surface area (Å²) in [7, 11) is 0. The molecule has 0 saturated heterocycles. The van der Waals surface area contributed by atoms with Crippen LogP contribution in [0.4, 0.5) is 0 Å². The van der Waals surface area contributed by atoms with E-state index in [1.165, 1.54) is 154 Å². The summed E-state index contributed by atoms with van der Waals surface area (Å²) in [6, 6.07) is 0. The van der Waals surface area contributed by atoms with E-state index in [0.29, 0.717) is 0 Å². The minimum absolute atomic E-state index is 1.34. The predicted molar refractivity (Wildman–Crippen MR) is 126 cm³/mol. The van der Waals surface area contributed by atoms with Gasteiger partial charge in [-0.25, -0.2) is 0 Å². The first-order valence-corrected chi connectivity index (χ1v) is 13.2. The second-order valence-electron chi connectivity index (χ2n) is 8.94. The van der Waals surface area contributed by atoms with Gasteiger partial charge in [-0.3, -0.25) is 0 Å². The molecule has 0 nitrogen and oxygen atoms in total. The van der Waals surface area contributed by atoms with Crippen molar-refractivity contribution in [1.29, 1.82) is 0 Å². The van der Waals surface area contributed by atoms with Crippen molar-refractivity contribution in [2.75, 3.05) is 0 Å². The highest BCUT2D eigenvalue weighted by Gasteiger charge is 1.95. The molecular formula is C27H55. The number of rotatable bonds is 24. The van der Waals surface area contributed by atoms with Gasteiger partial charge in [-0.05, 0) is 6.42 Å². The van der Waals surface area contributed by atoms with Crippen LogP contribution in [0.5, 0.6) is 0 Å². The van der Waals surface area contributed by atoms with Crippen molar-refractivity contribution in [2.24, 2.45) is 0 Å². The van der Waals surface area contributed by atoms with E-state index in [9.17, 15) is 0 Å². The summed E-state index contributed by atoms with van der Waals surface area (Å²) in [6.45, 7) is 4.59. The molecule has 0 aromatic heterocycles. The lowest BCUT2D eigenvalue weighted by atomic mass is 10.0. The van der Waals surface area contributed by atoms with Gasteiger partial charge < -0.3 is 0 Å². The van der Waals surface area contributed by atoms with Crippen LogP contribution in [-0.4, -0.2) is 0 Å². The van der Waals surface area contributed by atoms with Gasteiger partial charge in [0, 0.05) is 0 Å². The third-order valence-electron chi connectivity index (χ3n) is 6.02. The number of hydrogen-bond acceptors (Lipinski definition) is 0. The Bertz CT molecular complexity index is 208. The summed E-state index contributed by atoms with van der Waals surface area (Å²) >= 11 is 0. The second-order valence-corrected chi connectivity index (χ2v) is 8.94. The van der Waals surface area contributed by atoms with E-state index in [0.717, 1.165) is 0 Å². The maximum atomic E-state index is 2.51. The molecule has 0 bridgehead atoms. The lowest BCUT2D eigenvalue weighted by Crippen LogP contribution is -1.84. The lowest BCUT2D eigenvalue weighted by molar-refractivity contribution is 0.521. The first kappa shape index (κ1) is 27.0. The minimum Gasteiger partial charge on any atom is -0.0654 e. The van der Waals surface area contributed by atoms with Gasteiger partial charge in [0.15, 0.2) is 0 Å². The number of hydrogen-bond donors (Lipinski definition) is 0. The summed E-state index contributed by atoms with van der Waals surface area (Å²) < 4.78 is 0. The SMILES string of the molecule is CCCC[CH]CCCCCCCCCCCCCCCCCCCCCC. The Morgan fingerprint density at radius 1 is 0.296 bits per heavy atom. The molecule has 0 spiro atoms. The maximum Gasteiger partial charge on any atom is -0.0386 e. The highest BCUT2D eigenvalue weighted by atomic mass is 14.0. The fourth-order valence-electron chi connectivity index (χ4n) is 4.04. The Morgan fingerprint density at radius 3 is 0.889 bits per heavy atom. The fourth-order valence-corrected chi connectivity index (χ4v) is 4.04. The Hall–Kier alpha value is 0. The summed E-state index contributed by atoms with van der Waals surface area (Å²) in [4.78, 5) is 0. The summed E-state index contributed by atoms with van der Waals surface area (Å²) in [5.41, 5.74) is 0. The Kier molecular flexibility index (Phi) is 26.0. The molecule has 27 heavy (non-hydrogen) atoms. The predicted octanol–water partition coefficient (Wildman–Crippen LogP) is 10.6. The van der Waals surface area contributed by atoms with Crippen LogP contribution < -0.4 is 0 Å². The van der Waals surface area contributed by atoms with Crippen LogP contribution in [0.2, 0.25) is 0 Å². The third kappa shape index (κ3) is 26.0. The molecule has 163 valence electrons. The molecule has 0 aliphatic carbocycles. The molecule has 0 atom stereocenters. The van der Waals surface area contributed by atoms with Crippen molar-refractivity contribution >= 4 is 0 Å². The largest absolute Gasteiger partial charge is 0.0654 e. The first-order chi connectivity index (χ1) is 13.4. The minimum atomic E-state index is 1.34. The highest BCUT2D eigenvalue weighted by Crippen LogP contribution is 2.15. The first-order valence-electron chi connectivity index (χ1n) is 13.2. The molecule has 0 N–H and O–H groups in total. The van der Waals surface area contributed by atoms with Crippen LogP contribution in [-0.2, 0) is 0 Å². The zero-order chi connectivity index (χ0) is 19.7. The Labute approximate surface area is 174 Å². The van der Waals surface area contributed by atoms with E-state index in [-0.39, 0.29) is 0 Å². The molecule has 0 amide bonds. The average Bonchev–Trinajstić information content (AvgIpc) is 2.68. The molecule has 0 aliphatic rings. The van der Waals surface area contributed by atoms with Crippen LogP contribution in [0.1, 0.15) is 168 Å². The molecule has 0 fully saturated rings. The van der Waals surface area contributed by atoms with Gasteiger partial charge in [0.2, 0.25) is 0 Å². The monoisotopic (exact) mass is 379 g/mol. The van der Waals surface area contributed by atoms with Gasteiger partial charge in [-0.1, -0.05) is 168 Å². The zero-order valence-corrected chi connectivity index (χ0v) is 19.5. The van der Waals surface area contributed by atoms with Crippen LogP contribution in [0.15, 0.2) is 0 Å². The van der Waals surface area contributed by atoms with Crippen molar-refractivity contribution in [3.05, 3.63) is 6.42 Å². The van der Waals surface area contributed by atoms with Gasteiger partial charge in [0.1, 0.15) is 0 Å². The quantitative estimate of drug-likeness (QED) is 0.146. The van der Waals surface area contributed by atoms with Crippen molar-refractivity contribution in [2.45, 2.75) is 168 Å². The Balaban J connectivity index is 2.95. The van der Waals surface area contributed by atoms with Gasteiger partial charge >= 0.3 is 0 Å². The molecule has 0 aromatic rings. The van der Waals surface area contributed by atoms with Crippen molar-refractivity contribution in [1.82, 2.24) is 0 Å². The van der Waals surface area contributed by atoms with Gasteiger partial charge in [0.25, 0.3) is 0 Å². The van der Waals surface area contributed by atoms with Crippen LogP contribution in [0.3, 0.4) is 0 Å². The molecule has 1 radical (unpaired) electrons. The molecule has 0 unspecified atom stereocenters. The van der Waals surface area contributed by atoms with E-state index >= 15 is 0 Å². The maximum absolute atomic E-state index is 2.51. The molecule has 0 aromatic carbocycles. The van der Waals surface area contributed by atoms with Crippen LogP contribution >= 0.6 is 0 Å². The highest BCUT2D eigenvalue weighted by molar-refractivity contribution is 4.63. The molecule has 0 heterocycles. The smallest absolute Gasteiger partial charge is 0.0386 e. The number of unbranched alkanes of at least 4 members (excludes halogenated alkanes) is 24. The van der Waals surface area contributed by atoms with Crippen molar-refractivity contribution in [3.63, 3.8) is 0 Å². The molecule has 0 saturated carbocycles. The topological polar surface area (TPSA) is 0 Å². The van der Waals surface area contributed by atoms with Gasteiger partial charge in [-0.2, -0.15) is 0 Å². The van der Waals surface area contributed by atoms with E-state index in [1.807, 2.05) is 0 Å². The molecular weight excluding hydrogens is 324 g/mol. The van der Waals surface area contributed by atoms with E-state index < -0.39 is 0 Å². The molecule has 0 aliphatic heterocycles. The molecule has 0 heteroatoms. The van der Waals surface area contributed by atoms with Crippen molar-refractivity contribution < 1.29 is 0 Å². The van der Waals surface area contributed by atoms with Crippen molar-refractivity contribution in [3.8, 4) is 0 Å². The normalized spacial score (nSPS) is 11.3. The Morgan fingerprint density at radius 2 is 0.556 bits per heavy atom. The van der Waals surface area contributed by atoms with Crippen LogP contribution in [0.25, 0.3) is 0 Å². The van der Waals surface area contributed by atoms with Crippen LogP contribution in [0, 0.1) is 6.42 Å². The standard InChI is InChI=1S/C27H55/c1-3-5-7-9-11-13-15-17-19-21-23-25-27-26-24-22-20-18-16-14-12-10-8-6-4-2/h9H,3-8,10-27H2,1-2H3.